The van der Waals surface area contributed by atoms with Crippen LogP contribution in [0.4, 0.5) is 4.39 Å². The van der Waals surface area contributed by atoms with Crippen molar-refractivity contribution in [3.63, 3.8) is 0 Å². The van der Waals surface area contributed by atoms with Gasteiger partial charge in [-0.25, -0.2) is 4.39 Å². The van der Waals surface area contributed by atoms with E-state index in [4.69, 9.17) is 14.7 Å². The van der Waals surface area contributed by atoms with Gasteiger partial charge in [-0.2, -0.15) is 5.26 Å². The first-order chi connectivity index (χ1) is 9.69. The van der Waals surface area contributed by atoms with E-state index in [9.17, 15) is 4.39 Å². The van der Waals surface area contributed by atoms with E-state index in [-0.39, 0.29) is 19.0 Å². The fraction of sp³-hybridized carbons (Fsp3) is 0.133. The van der Waals surface area contributed by atoms with E-state index in [0.717, 1.165) is 0 Å². The van der Waals surface area contributed by atoms with E-state index in [1.807, 2.05) is 6.07 Å². The Labute approximate surface area is 124 Å². The quantitative estimate of drug-likeness (QED) is 0.778. The summed E-state index contributed by atoms with van der Waals surface area (Å²) >= 11 is 3.19. The summed E-state index contributed by atoms with van der Waals surface area (Å²) in [4.78, 5) is 0. The highest BCUT2D eigenvalue weighted by atomic mass is 79.9. The average molecular weight is 336 g/mol. The average Bonchev–Trinajstić information content (AvgIpc) is 2.43. The molecule has 0 fully saturated rings. The summed E-state index contributed by atoms with van der Waals surface area (Å²) in [7, 11) is 0. The van der Waals surface area contributed by atoms with E-state index in [1.54, 1.807) is 30.3 Å². The maximum Gasteiger partial charge on any atom is 0.137 e. The summed E-state index contributed by atoms with van der Waals surface area (Å²) in [6.07, 6.45) is 0. The lowest BCUT2D eigenvalue weighted by Crippen LogP contribution is -2.09. The van der Waals surface area contributed by atoms with Crippen LogP contribution in [-0.2, 0) is 0 Å². The van der Waals surface area contributed by atoms with Crippen molar-refractivity contribution in [2.24, 2.45) is 0 Å². The Morgan fingerprint density at radius 2 is 1.85 bits per heavy atom. The van der Waals surface area contributed by atoms with Gasteiger partial charge < -0.3 is 9.47 Å². The van der Waals surface area contributed by atoms with Crippen molar-refractivity contribution in [1.82, 2.24) is 0 Å². The zero-order valence-electron chi connectivity index (χ0n) is 10.5. The molecule has 2 aromatic rings. The summed E-state index contributed by atoms with van der Waals surface area (Å²) in [6.45, 7) is 0.530. The second kappa shape index (κ2) is 6.92. The molecule has 0 unspecified atom stereocenters. The summed E-state index contributed by atoms with van der Waals surface area (Å²) in [5.41, 5.74) is 0.473. The Morgan fingerprint density at radius 1 is 1.10 bits per heavy atom. The molecule has 0 bridgehead atoms. The van der Waals surface area contributed by atoms with E-state index >= 15 is 0 Å². The van der Waals surface area contributed by atoms with Crippen LogP contribution in [0.25, 0.3) is 0 Å². The normalized spacial score (nSPS) is 9.85. The Kier molecular flexibility index (Phi) is 4.97. The molecule has 0 saturated heterocycles. The van der Waals surface area contributed by atoms with Crippen molar-refractivity contribution in [3.8, 4) is 17.6 Å². The van der Waals surface area contributed by atoms with Crippen LogP contribution < -0.4 is 9.47 Å². The van der Waals surface area contributed by atoms with Gasteiger partial charge in [0.05, 0.1) is 5.56 Å². The predicted molar refractivity (Wildman–Crippen MR) is 76.2 cm³/mol. The molecule has 2 aromatic carbocycles. The SMILES string of the molecule is N#Cc1ccccc1OCCOc1cc(F)cc(Br)c1. The van der Waals surface area contributed by atoms with Crippen molar-refractivity contribution >= 4 is 15.9 Å². The Hall–Kier alpha value is -2.06. The maximum atomic E-state index is 13.1. The van der Waals surface area contributed by atoms with Crippen LogP contribution in [0.15, 0.2) is 46.9 Å². The number of hydrogen-bond donors (Lipinski definition) is 0. The van der Waals surface area contributed by atoms with Gasteiger partial charge in [0.15, 0.2) is 0 Å². The second-order valence-corrected chi connectivity index (χ2v) is 4.83. The molecule has 0 aliphatic carbocycles. The third kappa shape index (κ3) is 3.97. The van der Waals surface area contributed by atoms with Gasteiger partial charge in [0.2, 0.25) is 0 Å². The summed E-state index contributed by atoms with van der Waals surface area (Å²) in [5.74, 6) is 0.568. The number of rotatable bonds is 5. The number of nitrogens with zero attached hydrogens (tertiary/aromatic N) is 1. The lowest BCUT2D eigenvalue weighted by molar-refractivity contribution is 0.216. The van der Waals surface area contributed by atoms with Crippen LogP contribution in [0.1, 0.15) is 5.56 Å². The van der Waals surface area contributed by atoms with Crippen LogP contribution in [0.3, 0.4) is 0 Å². The van der Waals surface area contributed by atoms with Crippen LogP contribution in [0.2, 0.25) is 0 Å². The summed E-state index contributed by atoms with van der Waals surface area (Å²) < 4.78 is 24.6. The Bertz CT molecular complexity index is 620. The molecular weight excluding hydrogens is 325 g/mol. The standard InChI is InChI=1S/C15H11BrFNO2/c16-12-7-13(17)9-14(8-12)19-5-6-20-15-4-2-1-3-11(15)10-18/h1-4,7-9H,5-6H2. The molecule has 0 N–H and O–H groups in total. The zero-order chi connectivity index (χ0) is 14.4. The predicted octanol–water partition coefficient (Wildman–Crippen LogP) is 3.92. The molecular formula is C15H11BrFNO2. The monoisotopic (exact) mass is 335 g/mol. The molecule has 102 valence electrons. The van der Waals surface area contributed by atoms with Gasteiger partial charge in [-0.1, -0.05) is 28.1 Å². The van der Waals surface area contributed by atoms with Gasteiger partial charge in [-0.05, 0) is 24.3 Å². The first-order valence-corrected chi connectivity index (χ1v) is 6.69. The lowest BCUT2D eigenvalue weighted by Gasteiger charge is -2.09. The van der Waals surface area contributed by atoms with Crippen molar-refractivity contribution in [2.75, 3.05) is 13.2 Å². The molecule has 5 heteroatoms. The molecule has 0 saturated carbocycles. The van der Waals surface area contributed by atoms with Gasteiger partial charge in [0.1, 0.15) is 36.6 Å². The van der Waals surface area contributed by atoms with Crippen molar-refractivity contribution < 1.29 is 13.9 Å². The van der Waals surface area contributed by atoms with Gasteiger partial charge >= 0.3 is 0 Å². The maximum absolute atomic E-state index is 13.1. The van der Waals surface area contributed by atoms with Crippen molar-refractivity contribution in [1.29, 1.82) is 5.26 Å². The van der Waals surface area contributed by atoms with Crippen LogP contribution in [-0.4, -0.2) is 13.2 Å². The molecule has 20 heavy (non-hydrogen) atoms. The fourth-order valence-corrected chi connectivity index (χ4v) is 2.05. The number of nitriles is 1. The van der Waals surface area contributed by atoms with Gasteiger partial charge in [-0.15, -0.1) is 0 Å². The first kappa shape index (κ1) is 14.4. The van der Waals surface area contributed by atoms with Crippen molar-refractivity contribution in [3.05, 3.63) is 58.3 Å². The molecule has 3 nitrogen and oxygen atoms in total. The Morgan fingerprint density at radius 3 is 2.60 bits per heavy atom. The number of benzene rings is 2. The number of halogens is 2. The highest BCUT2D eigenvalue weighted by Crippen LogP contribution is 2.21. The molecule has 0 radical (unpaired) electrons. The zero-order valence-corrected chi connectivity index (χ0v) is 12.1. The topological polar surface area (TPSA) is 42.2 Å². The minimum Gasteiger partial charge on any atom is -0.490 e. The second-order valence-electron chi connectivity index (χ2n) is 3.91. The molecule has 0 aliphatic heterocycles. The van der Waals surface area contributed by atoms with Gasteiger partial charge in [0.25, 0.3) is 0 Å². The number of hydrogen-bond acceptors (Lipinski definition) is 3. The summed E-state index contributed by atoms with van der Waals surface area (Å²) in [6, 6.07) is 13.3. The molecule has 2 rings (SSSR count). The molecule has 0 aromatic heterocycles. The highest BCUT2D eigenvalue weighted by molar-refractivity contribution is 9.10. The molecule has 0 amide bonds. The smallest absolute Gasteiger partial charge is 0.137 e. The summed E-state index contributed by atoms with van der Waals surface area (Å²) in [5, 5.41) is 8.91. The number of ether oxygens (including phenoxy) is 2. The van der Waals surface area contributed by atoms with Gasteiger partial charge in [0, 0.05) is 10.5 Å². The van der Waals surface area contributed by atoms with E-state index < -0.39 is 0 Å². The van der Waals surface area contributed by atoms with E-state index in [2.05, 4.69) is 15.9 Å². The molecule has 0 atom stereocenters. The largest absolute Gasteiger partial charge is 0.490 e. The van der Waals surface area contributed by atoms with E-state index in [1.165, 1.54) is 12.1 Å². The van der Waals surface area contributed by atoms with Crippen LogP contribution in [0.5, 0.6) is 11.5 Å². The minimum atomic E-state index is -0.370. The highest BCUT2D eigenvalue weighted by Gasteiger charge is 2.03. The van der Waals surface area contributed by atoms with Crippen molar-refractivity contribution in [2.45, 2.75) is 0 Å². The Balaban J connectivity index is 1.86. The van der Waals surface area contributed by atoms with Gasteiger partial charge in [-0.3, -0.25) is 0 Å². The van der Waals surface area contributed by atoms with Crippen LogP contribution in [0, 0.1) is 17.1 Å². The minimum absolute atomic E-state index is 0.260. The van der Waals surface area contributed by atoms with E-state index in [0.29, 0.717) is 21.5 Å². The third-order valence-corrected chi connectivity index (χ3v) is 2.91. The van der Waals surface area contributed by atoms with Crippen LogP contribution >= 0.6 is 15.9 Å². The lowest BCUT2D eigenvalue weighted by atomic mass is 10.2. The fourth-order valence-electron chi connectivity index (χ4n) is 1.61. The third-order valence-electron chi connectivity index (χ3n) is 2.45. The molecule has 0 heterocycles. The number of para-hydroxylation sites is 1. The molecule has 0 aliphatic rings. The molecule has 0 spiro atoms. The first-order valence-electron chi connectivity index (χ1n) is 5.90.